The Balaban J connectivity index is 2.40. The monoisotopic (exact) mass is 345 g/mol. The molecule has 130 valence electrons. The third kappa shape index (κ3) is 4.35. The van der Waals surface area contributed by atoms with Gasteiger partial charge >= 0.3 is 0 Å². The van der Waals surface area contributed by atoms with Crippen LogP contribution in [-0.4, -0.2) is 16.3 Å². The molecule has 2 rings (SSSR count). The average molecular weight is 346 g/mol. The maximum absolute atomic E-state index is 10.7. The number of aryl methyl sites for hydroxylation is 1. The highest BCUT2D eigenvalue weighted by atomic mass is 32.1. The lowest BCUT2D eigenvalue weighted by atomic mass is 9.79. The fourth-order valence-corrected chi connectivity index (χ4v) is 2.96. The standard InChI is InChI=1S/C19H27N3OS/c1-12-11-24-17(21-12)22-20-10-13-8-14(18(2,3)4)9-15(16(13)23)19(5,6)7/h8-11,23H,1-7H3,(H,21,22). The van der Waals surface area contributed by atoms with Gasteiger partial charge in [-0.3, -0.25) is 5.43 Å². The highest BCUT2D eigenvalue weighted by molar-refractivity contribution is 7.13. The molecule has 2 aromatic rings. The fraction of sp³-hybridized carbons (Fsp3) is 0.474. The Labute approximate surface area is 148 Å². The molecule has 1 heterocycles. The van der Waals surface area contributed by atoms with E-state index in [9.17, 15) is 5.11 Å². The third-order valence-electron chi connectivity index (χ3n) is 3.80. The van der Waals surface area contributed by atoms with Gasteiger partial charge in [0.2, 0.25) is 5.13 Å². The number of hydrazone groups is 1. The molecule has 0 spiro atoms. The maximum atomic E-state index is 10.7. The van der Waals surface area contributed by atoms with E-state index in [1.807, 2.05) is 18.4 Å². The minimum atomic E-state index is -0.145. The van der Waals surface area contributed by atoms with Gasteiger partial charge in [-0.25, -0.2) is 4.98 Å². The molecule has 0 atom stereocenters. The molecule has 0 saturated heterocycles. The van der Waals surface area contributed by atoms with E-state index < -0.39 is 0 Å². The van der Waals surface area contributed by atoms with Crippen molar-refractivity contribution in [2.75, 3.05) is 5.43 Å². The van der Waals surface area contributed by atoms with Gasteiger partial charge in [0.1, 0.15) is 5.75 Å². The van der Waals surface area contributed by atoms with Crippen LogP contribution in [-0.2, 0) is 10.8 Å². The van der Waals surface area contributed by atoms with E-state index in [0.717, 1.165) is 16.4 Å². The number of phenols is 1. The molecule has 4 nitrogen and oxygen atoms in total. The van der Waals surface area contributed by atoms with Gasteiger partial charge in [0.05, 0.1) is 11.9 Å². The lowest BCUT2D eigenvalue weighted by Gasteiger charge is -2.26. The number of aromatic hydroxyl groups is 1. The molecule has 0 aliphatic heterocycles. The number of thiazole rings is 1. The lowest BCUT2D eigenvalue weighted by Crippen LogP contribution is -2.17. The number of nitrogens with zero attached hydrogens (tertiary/aromatic N) is 2. The SMILES string of the molecule is Cc1csc(NN=Cc2cc(C(C)(C)C)cc(C(C)(C)C)c2O)n1. The summed E-state index contributed by atoms with van der Waals surface area (Å²) in [6.07, 6.45) is 1.66. The van der Waals surface area contributed by atoms with Crippen molar-refractivity contribution in [2.24, 2.45) is 5.10 Å². The number of hydrogen-bond acceptors (Lipinski definition) is 5. The first-order chi connectivity index (χ1) is 11.0. The summed E-state index contributed by atoms with van der Waals surface area (Å²) < 4.78 is 0. The van der Waals surface area contributed by atoms with Crippen LogP contribution < -0.4 is 5.43 Å². The Morgan fingerprint density at radius 3 is 2.29 bits per heavy atom. The number of rotatable bonds is 3. The quantitative estimate of drug-likeness (QED) is 0.594. The predicted octanol–water partition coefficient (Wildman–Crippen LogP) is 5.20. The van der Waals surface area contributed by atoms with Crippen molar-refractivity contribution < 1.29 is 5.11 Å². The van der Waals surface area contributed by atoms with E-state index in [0.29, 0.717) is 5.56 Å². The predicted molar refractivity (Wildman–Crippen MR) is 104 cm³/mol. The zero-order chi connectivity index (χ0) is 18.1. The minimum absolute atomic E-state index is 0.00383. The van der Waals surface area contributed by atoms with Crippen LogP contribution in [0.4, 0.5) is 5.13 Å². The fourth-order valence-electron chi connectivity index (χ4n) is 2.32. The Morgan fingerprint density at radius 2 is 1.79 bits per heavy atom. The number of phenolic OH excluding ortho intramolecular Hbond substituents is 1. The van der Waals surface area contributed by atoms with E-state index >= 15 is 0 Å². The zero-order valence-electron chi connectivity index (χ0n) is 15.6. The van der Waals surface area contributed by atoms with Crippen molar-refractivity contribution in [1.82, 2.24) is 4.98 Å². The summed E-state index contributed by atoms with van der Waals surface area (Å²) in [7, 11) is 0. The summed E-state index contributed by atoms with van der Waals surface area (Å²) in [5.74, 6) is 0.288. The molecule has 0 aliphatic rings. The van der Waals surface area contributed by atoms with Gasteiger partial charge < -0.3 is 5.11 Å². The molecule has 5 heteroatoms. The average Bonchev–Trinajstić information content (AvgIpc) is 2.83. The molecule has 1 aromatic carbocycles. The molecule has 0 fully saturated rings. The number of nitrogens with one attached hydrogen (secondary N) is 1. The van der Waals surface area contributed by atoms with Crippen LogP contribution >= 0.6 is 11.3 Å². The van der Waals surface area contributed by atoms with Crippen molar-refractivity contribution in [1.29, 1.82) is 0 Å². The van der Waals surface area contributed by atoms with Gasteiger partial charge in [0, 0.05) is 16.5 Å². The zero-order valence-corrected chi connectivity index (χ0v) is 16.4. The van der Waals surface area contributed by atoms with Crippen LogP contribution in [0, 0.1) is 6.92 Å². The molecule has 1 aromatic heterocycles. The molecule has 0 unspecified atom stereocenters. The van der Waals surface area contributed by atoms with Crippen molar-refractivity contribution in [3.05, 3.63) is 39.9 Å². The van der Waals surface area contributed by atoms with Gasteiger partial charge in [-0.15, -0.1) is 11.3 Å². The highest BCUT2D eigenvalue weighted by Gasteiger charge is 2.24. The third-order valence-corrected chi connectivity index (χ3v) is 4.66. The second-order valence-electron chi connectivity index (χ2n) is 8.13. The first-order valence-corrected chi connectivity index (χ1v) is 8.95. The van der Waals surface area contributed by atoms with Crippen LogP contribution in [0.25, 0.3) is 0 Å². The first kappa shape index (κ1) is 18.5. The highest BCUT2D eigenvalue weighted by Crippen LogP contribution is 2.37. The van der Waals surface area contributed by atoms with E-state index in [2.05, 4.69) is 63.1 Å². The molecule has 24 heavy (non-hydrogen) atoms. The van der Waals surface area contributed by atoms with Crippen molar-refractivity contribution >= 4 is 22.7 Å². The van der Waals surface area contributed by atoms with E-state index in [1.165, 1.54) is 16.9 Å². The molecule has 0 radical (unpaired) electrons. The van der Waals surface area contributed by atoms with E-state index in [4.69, 9.17) is 0 Å². The van der Waals surface area contributed by atoms with Crippen molar-refractivity contribution in [3.8, 4) is 5.75 Å². The number of anilines is 1. The van der Waals surface area contributed by atoms with E-state index in [1.54, 1.807) is 6.21 Å². The van der Waals surface area contributed by atoms with Gasteiger partial charge in [0.25, 0.3) is 0 Å². The minimum Gasteiger partial charge on any atom is -0.507 e. The normalized spacial score (nSPS) is 12.8. The molecule has 0 bridgehead atoms. The van der Waals surface area contributed by atoms with Crippen LogP contribution in [0.1, 0.15) is 63.9 Å². The van der Waals surface area contributed by atoms with Gasteiger partial charge in [-0.2, -0.15) is 5.10 Å². The Bertz CT molecular complexity index is 749. The Hall–Kier alpha value is -1.88. The first-order valence-electron chi connectivity index (χ1n) is 8.07. The van der Waals surface area contributed by atoms with Gasteiger partial charge in [-0.1, -0.05) is 47.6 Å². The molecular formula is C19H27N3OS. The topological polar surface area (TPSA) is 57.5 Å². The summed E-state index contributed by atoms with van der Waals surface area (Å²) in [5.41, 5.74) is 6.56. The summed E-state index contributed by atoms with van der Waals surface area (Å²) in [4.78, 5) is 4.31. The molecular weight excluding hydrogens is 318 g/mol. The molecule has 0 aliphatic carbocycles. The smallest absolute Gasteiger partial charge is 0.203 e. The second-order valence-corrected chi connectivity index (χ2v) is 8.98. The van der Waals surface area contributed by atoms with Crippen LogP contribution in [0.2, 0.25) is 0 Å². The van der Waals surface area contributed by atoms with Crippen LogP contribution in [0.5, 0.6) is 5.75 Å². The van der Waals surface area contributed by atoms with Crippen LogP contribution in [0.3, 0.4) is 0 Å². The number of hydrogen-bond donors (Lipinski definition) is 2. The van der Waals surface area contributed by atoms with Gasteiger partial charge in [0.15, 0.2) is 0 Å². The van der Waals surface area contributed by atoms with Crippen molar-refractivity contribution in [3.63, 3.8) is 0 Å². The second kappa shape index (κ2) is 6.55. The summed E-state index contributed by atoms with van der Waals surface area (Å²) in [6.45, 7) is 14.8. The maximum Gasteiger partial charge on any atom is 0.203 e. The van der Waals surface area contributed by atoms with Crippen molar-refractivity contribution in [2.45, 2.75) is 59.3 Å². The van der Waals surface area contributed by atoms with Crippen LogP contribution in [0.15, 0.2) is 22.6 Å². The number of aromatic nitrogens is 1. The molecule has 2 N–H and O–H groups in total. The Morgan fingerprint density at radius 1 is 1.12 bits per heavy atom. The molecule has 0 saturated carbocycles. The van der Waals surface area contributed by atoms with Gasteiger partial charge in [-0.05, 0) is 29.4 Å². The largest absolute Gasteiger partial charge is 0.507 e. The number of benzene rings is 1. The molecule has 0 amide bonds. The summed E-state index contributed by atoms with van der Waals surface area (Å²) in [5, 5.41) is 17.6. The summed E-state index contributed by atoms with van der Waals surface area (Å²) >= 11 is 1.51. The summed E-state index contributed by atoms with van der Waals surface area (Å²) in [6, 6.07) is 4.10. The lowest BCUT2D eigenvalue weighted by molar-refractivity contribution is 0.444. The van der Waals surface area contributed by atoms with E-state index in [-0.39, 0.29) is 16.6 Å². The Kier molecular flexibility index (Phi) is 5.04.